The van der Waals surface area contributed by atoms with Gasteiger partial charge in [-0.3, -0.25) is 9.59 Å². The number of hydrogen-bond donors (Lipinski definition) is 2. The third kappa shape index (κ3) is 5.14. The second-order valence-corrected chi connectivity index (χ2v) is 4.70. The highest BCUT2D eigenvalue weighted by Gasteiger charge is 2.11. The maximum atomic E-state index is 11.9. The van der Waals surface area contributed by atoms with E-state index in [1.54, 1.807) is 19.4 Å². The molecule has 0 spiro atoms. The van der Waals surface area contributed by atoms with E-state index in [0.717, 1.165) is 6.42 Å². The van der Waals surface area contributed by atoms with Crippen molar-refractivity contribution >= 4 is 11.6 Å². The molecule has 0 bridgehead atoms. The van der Waals surface area contributed by atoms with Gasteiger partial charge in [0.05, 0.1) is 12.3 Å². The zero-order valence-corrected chi connectivity index (χ0v) is 12.1. The normalized spacial score (nSPS) is 12.2. The zero-order chi connectivity index (χ0) is 15.0. The van der Waals surface area contributed by atoms with E-state index in [0.29, 0.717) is 31.8 Å². The third-order valence-corrected chi connectivity index (χ3v) is 3.19. The van der Waals surface area contributed by atoms with E-state index < -0.39 is 0 Å². The molecule has 112 valence electrons. The second-order valence-electron chi connectivity index (χ2n) is 4.70. The number of ether oxygens (including phenoxy) is 1. The lowest BCUT2D eigenvalue weighted by Gasteiger charge is -2.13. The number of aromatic nitrogens is 1. The number of rotatable bonds is 8. The summed E-state index contributed by atoms with van der Waals surface area (Å²) in [5.41, 5.74) is 6.08. The van der Waals surface area contributed by atoms with Crippen molar-refractivity contribution in [3.8, 4) is 0 Å². The van der Waals surface area contributed by atoms with E-state index in [2.05, 4.69) is 5.32 Å². The van der Waals surface area contributed by atoms with Crippen LogP contribution in [-0.2, 0) is 16.1 Å². The zero-order valence-electron chi connectivity index (χ0n) is 12.1. The van der Waals surface area contributed by atoms with Gasteiger partial charge in [-0.25, -0.2) is 0 Å². The first-order valence-electron chi connectivity index (χ1n) is 6.80. The Kier molecular flexibility index (Phi) is 6.97. The molecule has 0 fully saturated rings. The number of carbonyl (C=O) groups excluding carboxylic acids is 1. The smallest absolute Gasteiger partial charge is 0.250 e. The van der Waals surface area contributed by atoms with E-state index in [4.69, 9.17) is 10.5 Å². The highest BCUT2D eigenvalue weighted by molar-refractivity contribution is 5.90. The van der Waals surface area contributed by atoms with E-state index in [-0.39, 0.29) is 17.4 Å². The van der Waals surface area contributed by atoms with Crippen LogP contribution in [0.5, 0.6) is 0 Å². The average Bonchev–Trinajstić information content (AvgIpc) is 2.45. The minimum atomic E-state index is -0.117. The molecule has 0 radical (unpaired) electrons. The monoisotopic (exact) mass is 281 g/mol. The summed E-state index contributed by atoms with van der Waals surface area (Å²) in [6.45, 7) is 3.41. The Hall–Kier alpha value is -1.66. The molecule has 6 nitrogen and oxygen atoms in total. The Labute approximate surface area is 118 Å². The number of pyridine rings is 1. The maximum absolute atomic E-state index is 11.9. The Bertz CT molecular complexity index is 481. The molecule has 1 aromatic heterocycles. The van der Waals surface area contributed by atoms with Crippen molar-refractivity contribution in [3.63, 3.8) is 0 Å². The van der Waals surface area contributed by atoms with E-state index in [1.807, 2.05) is 6.92 Å². The average molecular weight is 281 g/mol. The third-order valence-electron chi connectivity index (χ3n) is 3.19. The summed E-state index contributed by atoms with van der Waals surface area (Å²) in [5, 5.41) is 2.79. The second kappa shape index (κ2) is 8.50. The molecular weight excluding hydrogens is 258 g/mol. The Morgan fingerprint density at radius 2 is 2.25 bits per heavy atom. The van der Waals surface area contributed by atoms with Crippen molar-refractivity contribution in [1.29, 1.82) is 0 Å². The molecule has 3 N–H and O–H groups in total. The van der Waals surface area contributed by atoms with Crippen molar-refractivity contribution in [2.24, 2.45) is 11.7 Å². The quantitative estimate of drug-likeness (QED) is 0.738. The molecule has 1 rings (SSSR count). The van der Waals surface area contributed by atoms with Crippen LogP contribution in [0.2, 0.25) is 0 Å². The lowest BCUT2D eigenvalue weighted by atomic mass is 10.0. The first-order valence-corrected chi connectivity index (χ1v) is 6.80. The molecule has 1 aromatic rings. The summed E-state index contributed by atoms with van der Waals surface area (Å²) >= 11 is 0. The first kappa shape index (κ1) is 16.4. The molecule has 1 amide bonds. The summed E-state index contributed by atoms with van der Waals surface area (Å²) in [5.74, 6) is 0.105. The van der Waals surface area contributed by atoms with Crippen LogP contribution in [-0.4, -0.2) is 30.7 Å². The van der Waals surface area contributed by atoms with Crippen LogP contribution in [0, 0.1) is 5.92 Å². The van der Waals surface area contributed by atoms with Crippen LogP contribution in [0.4, 0.5) is 5.69 Å². The minimum Gasteiger partial charge on any atom is -0.383 e. The predicted molar refractivity (Wildman–Crippen MR) is 78.7 cm³/mol. The molecule has 1 unspecified atom stereocenters. The van der Waals surface area contributed by atoms with Crippen LogP contribution >= 0.6 is 0 Å². The minimum absolute atomic E-state index is 0.0840. The summed E-state index contributed by atoms with van der Waals surface area (Å²) in [6, 6.07) is 3.04. The molecule has 0 aliphatic rings. The number of nitrogens with one attached hydrogen (secondary N) is 1. The molecule has 1 heterocycles. The highest BCUT2D eigenvalue weighted by Crippen LogP contribution is 2.09. The standard InChI is InChI=1S/C14H23N3O3/c1-3-11(9-15)8-13(18)16-12-4-5-14(19)17(10-12)6-7-20-2/h4-5,10-11H,3,6-9,15H2,1-2H3,(H,16,18). The summed E-state index contributed by atoms with van der Waals surface area (Å²) in [7, 11) is 1.58. The molecule has 1 atom stereocenters. The number of carbonyl (C=O) groups is 1. The van der Waals surface area contributed by atoms with Gasteiger partial charge < -0.3 is 20.4 Å². The largest absolute Gasteiger partial charge is 0.383 e. The van der Waals surface area contributed by atoms with E-state index >= 15 is 0 Å². The van der Waals surface area contributed by atoms with Gasteiger partial charge in [0.1, 0.15) is 0 Å². The Balaban J connectivity index is 2.67. The van der Waals surface area contributed by atoms with Gasteiger partial charge in [0.2, 0.25) is 5.91 Å². The van der Waals surface area contributed by atoms with E-state index in [1.165, 1.54) is 10.6 Å². The fraction of sp³-hybridized carbons (Fsp3) is 0.571. The number of hydrogen-bond acceptors (Lipinski definition) is 4. The van der Waals surface area contributed by atoms with Gasteiger partial charge >= 0.3 is 0 Å². The molecule has 0 aromatic carbocycles. The predicted octanol–water partition coefficient (Wildman–Crippen LogP) is 0.808. The molecule has 0 saturated heterocycles. The maximum Gasteiger partial charge on any atom is 0.250 e. The van der Waals surface area contributed by atoms with Crippen molar-refractivity contribution in [3.05, 3.63) is 28.7 Å². The fourth-order valence-corrected chi connectivity index (χ4v) is 1.84. The van der Waals surface area contributed by atoms with Crippen LogP contribution in [0.3, 0.4) is 0 Å². The Morgan fingerprint density at radius 1 is 1.50 bits per heavy atom. The van der Waals surface area contributed by atoms with Crippen molar-refractivity contribution in [1.82, 2.24) is 4.57 Å². The summed E-state index contributed by atoms with van der Waals surface area (Å²) in [6.07, 6.45) is 2.89. The molecule has 0 aliphatic carbocycles. The first-order chi connectivity index (χ1) is 9.60. The molecular formula is C14H23N3O3. The lowest BCUT2D eigenvalue weighted by Crippen LogP contribution is -2.24. The topological polar surface area (TPSA) is 86.4 Å². The van der Waals surface area contributed by atoms with Gasteiger partial charge in [-0.05, 0) is 18.5 Å². The van der Waals surface area contributed by atoms with E-state index in [9.17, 15) is 9.59 Å². The number of methoxy groups -OCH3 is 1. The SMILES string of the molecule is CCC(CN)CC(=O)Nc1ccc(=O)n(CCOC)c1. The van der Waals surface area contributed by atoms with Gasteiger partial charge in [0, 0.05) is 32.3 Å². The summed E-state index contributed by atoms with van der Waals surface area (Å²) < 4.78 is 6.46. The van der Waals surface area contributed by atoms with Crippen LogP contribution in [0.25, 0.3) is 0 Å². The van der Waals surface area contributed by atoms with Gasteiger partial charge in [-0.15, -0.1) is 0 Å². The van der Waals surface area contributed by atoms with Crippen LogP contribution in [0.15, 0.2) is 23.1 Å². The van der Waals surface area contributed by atoms with Crippen molar-refractivity contribution < 1.29 is 9.53 Å². The van der Waals surface area contributed by atoms with Gasteiger partial charge in [0.25, 0.3) is 5.56 Å². The fourth-order valence-electron chi connectivity index (χ4n) is 1.84. The molecule has 0 aliphatic heterocycles. The Morgan fingerprint density at radius 3 is 2.85 bits per heavy atom. The van der Waals surface area contributed by atoms with Crippen LogP contribution in [0.1, 0.15) is 19.8 Å². The summed E-state index contributed by atoms with van der Waals surface area (Å²) in [4.78, 5) is 23.5. The van der Waals surface area contributed by atoms with Crippen molar-refractivity contribution in [2.75, 3.05) is 25.6 Å². The highest BCUT2D eigenvalue weighted by atomic mass is 16.5. The molecule has 0 saturated carbocycles. The van der Waals surface area contributed by atoms with Crippen molar-refractivity contribution in [2.45, 2.75) is 26.3 Å². The van der Waals surface area contributed by atoms with Crippen LogP contribution < -0.4 is 16.6 Å². The number of nitrogens with zero attached hydrogens (tertiary/aromatic N) is 1. The molecule has 20 heavy (non-hydrogen) atoms. The van der Waals surface area contributed by atoms with Gasteiger partial charge in [-0.1, -0.05) is 13.3 Å². The lowest BCUT2D eigenvalue weighted by molar-refractivity contribution is -0.117. The number of nitrogens with two attached hydrogens (primary N) is 1. The number of amides is 1. The van der Waals surface area contributed by atoms with Gasteiger partial charge in [0.15, 0.2) is 0 Å². The van der Waals surface area contributed by atoms with Gasteiger partial charge in [-0.2, -0.15) is 0 Å². The molecule has 6 heteroatoms. The number of anilines is 1.